The quantitative estimate of drug-likeness (QED) is 0.932. The van der Waals surface area contributed by atoms with Crippen LogP contribution in [-0.4, -0.2) is 16.1 Å². The second kappa shape index (κ2) is 6.18. The van der Waals surface area contributed by atoms with Crippen LogP contribution in [0, 0.1) is 17.8 Å². The van der Waals surface area contributed by atoms with Gasteiger partial charge in [0.2, 0.25) is 0 Å². The minimum Gasteiger partial charge on any atom is -0.330 e. The van der Waals surface area contributed by atoms with Gasteiger partial charge < -0.3 is 10.3 Å². The van der Waals surface area contributed by atoms with Crippen LogP contribution >= 0.6 is 0 Å². The van der Waals surface area contributed by atoms with Gasteiger partial charge in [-0.2, -0.15) is 0 Å². The van der Waals surface area contributed by atoms with Crippen molar-refractivity contribution in [1.29, 1.82) is 0 Å². The van der Waals surface area contributed by atoms with Crippen LogP contribution in [0.15, 0.2) is 24.3 Å². The highest BCUT2D eigenvalue weighted by Crippen LogP contribution is 2.35. The molecule has 0 radical (unpaired) electrons. The maximum absolute atomic E-state index is 6.01. The van der Waals surface area contributed by atoms with Crippen LogP contribution < -0.4 is 5.73 Å². The van der Waals surface area contributed by atoms with E-state index in [-0.39, 0.29) is 0 Å². The molecule has 21 heavy (non-hydrogen) atoms. The Labute approximate surface area is 127 Å². The van der Waals surface area contributed by atoms with Crippen molar-refractivity contribution in [1.82, 2.24) is 9.55 Å². The van der Waals surface area contributed by atoms with Crippen LogP contribution in [0.1, 0.15) is 38.9 Å². The van der Waals surface area contributed by atoms with Crippen LogP contribution in [0.4, 0.5) is 0 Å². The molecule has 0 spiro atoms. The number of nitrogens with zero attached hydrogens (tertiary/aromatic N) is 2. The second-order valence-electron chi connectivity index (χ2n) is 6.64. The second-order valence-corrected chi connectivity index (χ2v) is 6.64. The number of imidazole rings is 1. The third-order valence-corrected chi connectivity index (χ3v) is 5.20. The van der Waals surface area contributed by atoms with Crippen LogP contribution in [-0.2, 0) is 13.0 Å². The molecule has 1 aliphatic rings. The first-order valence-electron chi connectivity index (χ1n) is 8.37. The number of rotatable bonds is 4. The minimum atomic E-state index is 0.673. The molecule has 1 aromatic heterocycles. The summed E-state index contributed by atoms with van der Waals surface area (Å²) in [6, 6.07) is 8.48. The van der Waals surface area contributed by atoms with Gasteiger partial charge in [0.15, 0.2) is 0 Å². The van der Waals surface area contributed by atoms with Crippen molar-refractivity contribution in [2.45, 2.75) is 46.1 Å². The third-order valence-electron chi connectivity index (χ3n) is 5.20. The molecule has 1 saturated carbocycles. The molecule has 114 valence electrons. The molecule has 1 aromatic carbocycles. The first kappa shape index (κ1) is 14.6. The summed E-state index contributed by atoms with van der Waals surface area (Å²) in [5.74, 6) is 3.45. The molecule has 3 nitrogen and oxygen atoms in total. The Bertz CT molecular complexity index is 602. The number of benzene rings is 1. The number of hydrogen-bond donors (Lipinski definition) is 1. The molecule has 3 rings (SSSR count). The third kappa shape index (κ3) is 2.84. The van der Waals surface area contributed by atoms with E-state index in [0.717, 1.165) is 30.9 Å². The lowest BCUT2D eigenvalue weighted by molar-refractivity contribution is 0.190. The standard InChI is InChI=1S/C18H27N3/c1-3-21-17-7-5-4-6-16(17)20-18(21)11-15-10-13(2)8-9-14(15)12-19/h4-7,13-15H,3,8-12,19H2,1-2H3. The number of hydrogen-bond acceptors (Lipinski definition) is 2. The number of fused-ring (bicyclic) bond motifs is 1. The summed E-state index contributed by atoms with van der Waals surface area (Å²) in [7, 11) is 0. The van der Waals surface area contributed by atoms with Gasteiger partial charge in [0.05, 0.1) is 11.0 Å². The van der Waals surface area contributed by atoms with E-state index < -0.39 is 0 Å². The zero-order chi connectivity index (χ0) is 14.8. The Morgan fingerprint density at radius 1 is 1.24 bits per heavy atom. The van der Waals surface area contributed by atoms with Gasteiger partial charge in [-0.05, 0) is 56.2 Å². The molecule has 2 N–H and O–H groups in total. The highest BCUT2D eigenvalue weighted by atomic mass is 15.1. The fraction of sp³-hybridized carbons (Fsp3) is 0.611. The number of aromatic nitrogens is 2. The van der Waals surface area contributed by atoms with E-state index in [1.165, 1.54) is 30.6 Å². The highest BCUT2D eigenvalue weighted by molar-refractivity contribution is 5.75. The molecule has 0 aliphatic heterocycles. The van der Waals surface area contributed by atoms with Crippen molar-refractivity contribution in [3.05, 3.63) is 30.1 Å². The van der Waals surface area contributed by atoms with Gasteiger partial charge in [-0.1, -0.05) is 25.5 Å². The van der Waals surface area contributed by atoms with Crippen LogP contribution in [0.3, 0.4) is 0 Å². The molecule has 1 aliphatic carbocycles. The van der Waals surface area contributed by atoms with E-state index in [9.17, 15) is 0 Å². The smallest absolute Gasteiger partial charge is 0.110 e. The first-order chi connectivity index (χ1) is 10.2. The molecule has 1 heterocycles. The van der Waals surface area contributed by atoms with E-state index in [2.05, 4.69) is 42.7 Å². The van der Waals surface area contributed by atoms with E-state index >= 15 is 0 Å². The van der Waals surface area contributed by atoms with Gasteiger partial charge in [0, 0.05) is 13.0 Å². The van der Waals surface area contributed by atoms with Crippen molar-refractivity contribution in [3.63, 3.8) is 0 Å². The molecule has 1 fully saturated rings. The number of aryl methyl sites for hydroxylation is 1. The van der Waals surface area contributed by atoms with Gasteiger partial charge in [0.1, 0.15) is 5.82 Å². The van der Waals surface area contributed by atoms with Crippen LogP contribution in [0.5, 0.6) is 0 Å². The minimum absolute atomic E-state index is 0.673. The van der Waals surface area contributed by atoms with E-state index in [0.29, 0.717) is 11.8 Å². The molecule has 3 heteroatoms. The van der Waals surface area contributed by atoms with Gasteiger partial charge in [-0.15, -0.1) is 0 Å². The Morgan fingerprint density at radius 3 is 2.81 bits per heavy atom. The number of para-hydroxylation sites is 2. The average molecular weight is 285 g/mol. The SMILES string of the molecule is CCn1c(CC2CC(C)CCC2CN)nc2ccccc21. The summed E-state index contributed by atoms with van der Waals surface area (Å²) >= 11 is 0. The highest BCUT2D eigenvalue weighted by Gasteiger charge is 2.29. The monoisotopic (exact) mass is 285 g/mol. The molecule has 3 atom stereocenters. The Hall–Kier alpha value is -1.35. The van der Waals surface area contributed by atoms with Gasteiger partial charge >= 0.3 is 0 Å². The lowest BCUT2D eigenvalue weighted by Gasteiger charge is -2.34. The summed E-state index contributed by atoms with van der Waals surface area (Å²) in [5, 5.41) is 0. The molecule has 0 saturated heterocycles. The first-order valence-corrected chi connectivity index (χ1v) is 8.37. The lowest BCUT2D eigenvalue weighted by atomic mass is 9.73. The lowest BCUT2D eigenvalue weighted by Crippen LogP contribution is -2.31. The maximum atomic E-state index is 6.01. The Kier molecular flexibility index (Phi) is 4.29. The fourth-order valence-electron chi connectivity index (χ4n) is 3.99. The summed E-state index contributed by atoms with van der Waals surface area (Å²) in [6.45, 7) is 6.40. The Balaban J connectivity index is 1.89. The van der Waals surface area contributed by atoms with Crippen molar-refractivity contribution in [2.24, 2.45) is 23.5 Å². The topological polar surface area (TPSA) is 43.8 Å². The predicted octanol–water partition coefficient (Wildman–Crippen LogP) is 3.61. The zero-order valence-corrected chi connectivity index (χ0v) is 13.3. The van der Waals surface area contributed by atoms with Crippen molar-refractivity contribution in [3.8, 4) is 0 Å². The molecule has 0 amide bonds. The van der Waals surface area contributed by atoms with Crippen LogP contribution in [0.2, 0.25) is 0 Å². The largest absolute Gasteiger partial charge is 0.330 e. The average Bonchev–Trinajstić information content (AvgIpc) is 2.84. The van der Waals surface area contributed by atoms with E-state index in [1.807, 2.05) is 0 Å². The van der Waals surface area contributed by atoms with E-state index in [4.69, 9.17) is 10.7 Å². The van der Waals surface area contributed by atoms with Crippen molar-refractivity contribution >= 4 is 11.0 Å². The van der Waals surface area contributed by atoms with Gasteiger partial charge in [-0.3, -0.25) is 0 Å². The van der Waals surface area contributed by atoms with Gasteiger partial charge in [0.25, 0.3) is 0 Å². The predicted molar refractivity (Wildman–Crippen MR) is 88.2 cm³/mol. The maximum Gasteiger partial charge on any atom is 0.110 e. The Morgan fingerprint density at radius 2 is 2.05 bits per heavy atom. The number of nitrogens with two attached hydrogens (primary N) is 1. The molecule has 2 aromatic rings. The normalized spacial score (nSPS) is 26.3. The molecular formula is C18H27N3. The van der Waals surface area contributed by atoms with Crippen molar-refractivity contribution in [2.75, 3.05) is 6.54 Å². The summed E-state index contributed by atoms with van der Waals surface area (Å²) in [4.78, 5) is 4.89. The molecule has 0 bridgehead atoms. The fourth-order valence-corrected chi connectivity index (χ4v) is 3.99. The molecule has 3 unspecified atom stereocenters. The van der Waals surface area contributed by atoms with Crippen molar-refractivity contribution < 1.29 is 0 Å². The van der Waals surface area contributed by atoms with E-state index in [1.54, 1.807) is 0 Å². The summed E-state index contributed by atoms with van der Waals surface area (Å²) in [6.07, 6.45) is 5.00. The van der Waals surface area contributed by atoms with Gasteiger partial charge in [-0.25, -0.2) is 4.98 Å². The molecular weight excluding hydrogens is 258 g/mol. The zero-order valence-electron chi connectivity index (χ0n) is 13.3. The summed E-state index contributed by atoms with van der Waals surface area (Å²) in [5.41, 5.74) is 8.41. The summed E-state index contributed by atoms with van der Waals surface area (Å²) < 4.78 is 2.38. The van der Waals surface area contributed by atoms with Crippen LogP contribution in [0.25, 0.3) is 11.0 Å².